The predicted molar refractivity (Wildman–Crippen MR) is 41.4 cm³/mol. The van der Waals surface area contributed by atoms with Crippen LogP contribution < -0.4 is 0 Å². The molecule has 0 aromatic heterocycles. The lowest BCUT2D eigenvalue weighted by molar-refractivity contribution is 0.831. The van der Waals surface area contributed by atoms with E-state index in [1.54, 1.807) is 0 Å². The zero-order valence-corrected chi connectivity index (χ0v) is 7.79. The fourth-order valence-electron chi connectivity index (χ4n) is 0.325. The van der Waals surface area contributed by atoms with Crippen LogP contribution in [0.1, 0.15) is 20.3 Å². The van der Waals surface area contributed by atoms with Gasteiger partial charge in [0.05, 0.1) is 0 Å². The van der Waals surface area contributed by atoms with Crippen molar-refractivity contribution in [2.75, 3.05) is 0 Å². The molecule has 0 unspecified atom stereocenters. The van der Waals surface area contributed by atoms with E-state index in [9.17, 15) is 0 Å². The largest absolute Gasteiger partial charge is 0.0882 e. The smallest absolute Gasteiger partial charge is 0.0265 e. The second kappa shape index (κ2) is 3.90. The van der Waals surface area contributed by atoms with Crippen LogP contribution in [-0.4, -0.2) is 9.65 Å². The Labute approximate surface area is 61.9 Å². The summed E-state index contributed by atoms with van der Waals surface area (Å²) in [5.74, 6) is 0. The molecule has 0 saturated heterocycles. The Morgan fingerprint density at radius 2 is 1.86 bits per heavy atom. The van der Waals surface area contributed by atoms with Gasteiger partial charge in [-0.3, -0.25) is 0 Å². The summed E-state index contributed by atoms with van der Waals surface area (Å²) in [6.45, 7) is 4.31. The first-order chi connectivity index (χ1) is 3.18. The minimum atomic E-state index is 0.595. The molecule has 0 nitrogen and oxygen atoms in total. The van der Waals surface area contributed by atoms with Gasteiger partial charge in [-0.25, -0.2) is 0 Å². The molecule has 0 bridgehead atoms. The number of halogens is 2. The summed E-state index contributed by atoms with van der Waals surface area (Å²) in [6.07, 6.45) is 1.19. The Kier molecular flexibility index (Phi) is 4.44. The summed E-state index contributed by atoms with van der Waals surface area (Å²) in [7, 11) is 0. The van der Waals surface area contributed by atoms with Gasteiger partial charge in [0.2, 0.25) is 0 Å². The van der Waals surface area contributed by atoms with E-state index >= 15 is 0 Å². The highest BCUT2D eigenvalue weighted by atomic mass is 79.9. The van der Waals surface area contributed by atoms with Crippen molar-refractivity contribution in [3.8, 4) is 0 Å². The second-order valence-electron chi connectivity index (χ2n) is 1.60. The van der Waals surface area contributed by atoms with Crippen LogP contribution >= 0.6 is 31.9 Å². The summed E-state index contributed by atoms with van der Waals surface area (Å²) in [5.41, 5.74) is 0. The van der Waals surface area contributed by atoms with Gasteiger partial charge in [0, 0.05) is 9.65 Å². The van der Waals surface area contributed by atoms with Crippen LogP contribution in [0.2, 0.25) is 0 Å². The monoisotopic (exact) mass is 228 g/mol. The number of hydrogen-bond donors (Lipinski definition) is 0. The molecule has 0 fully saturated rings. The van der Waals surface area contributed by atoms with Gasteiger partial charge in [0.1, 0.15) is 0 Å². The van der Waals surface area contributed by atoms with Gasteiger partial charge in [-0.1, -0.05) is 45.7 Å². The van der Waals surface area contributed by atoms with E-state index in [4.69, 9.17) is 0 Å². The first kappa shape index (κ1) is 7.96. The van der Waals surface area contributed by atoms with Gasteiger partial charge in [-0.05, 0) is 6.42 Å². The molecular weight excluding hydrogens is 220 g/mol. The van der Waals surface area contributed by atoms with Gasteiger partial charge >= 0.3 is 0 Å². The SMILES string of the molecule is CC[C@H](Br)[C@H](C)Br. The molecule has 0 aliphatic rings. The van der Waals surface area contributed by atoms with Crippen molar-refractivity contribution < 1.29 is 0 Å². The Bertz CT molecular complexity index is 43.3. The van der Waals surface area contributed by atoms with Crippen LogP contribution in [0.4, 0.5) is 0 Å². The molecular formula is C5H10Br2. The third-order valence-corrected chi connectivity index (χ3v) is 3.68. The van der Waals surface area contributed by atoms with Gasteiger partial charge in [-0.15, -0.1) is 0 Å². The number of hydrogen-bond acceptors (Lipinski definition) is 0. The minimum absolute atomic E-state index is 0.595. The fraction of sp³-hybridized carbons (Fsp3) is 1.00. The fourth-order valence-corrected chi connectivity index (χ4v) is 0.699. The Hall–Kier alpha value is 0.960. The highest BCUT2D eigenvalue weighted by molar-refractivity contribution is 9.12. The van der Waals surface area contributed by atoms with Crippen molar-refractivity contribution in [1.82, 2.24) is 0 Å². The molecule has 0 aliphatic carbocycles. The zero-order chi connectivity index (χ0) is 5.86. The summed E-state index contributed by atoms with van der Waals surface area (Å²) >= 11 is 6.95. The van der Waals surface area contributed by atoms with E-state index < -0.39 is 0 Å². The number of alkyl halides is 2. The maximum absolute atomic E-state index is 3.49. The molecule has 0 heterocycles. The molecule has 0 rings (SSSR count). The molecule has 0 saturated carbocycles. The molecule has 7 heavy (non-hydrogen) atoms. The van der Waals surface area contributed by atoms with Crippen LogP contribution in [0.3, 0.4) is 0 Å². The highest BCUT2D eigenvalue weighted by Gasteiger charge is 2.05. The van der Waals surface area contributed by atoms with Crippen molar-refractivity contribution in [3.63, 3.8) is 0 Å². The van der Waals surface area contributed by atoms with Crippen molar-refractivity contribution in [3.05, 3.63) is 0 Å². The maximum Gasteiger partial charge on any atom is 0.0265 e. The standard InChI is InChI=1S/C5H10Br2/c1-3-5(7)4(2)6/h4-5H,3H2,1-2H3/t4-,5-/m0/s1. The molecule has 0 amide bonds. The average molecular weight is 230 g/mol. The molecule has 0 aromatic rings. The Balaban J connectivity index is 3.14. The quantitative estimate of drug-likeness (QED) is 0.639. The van der Waals surface area contributed by atoms with E-state index in [0.717, 1.165) is 0 Å². The molecule has 0 aromatic carbocycles. The Morgan fingerprint density at radius 1 is 1.43 bits per heavy atom. The maximum atomic E-state index is 3.49. The molecule has 0 aliphatic heterocycles. The van der Waals surface area contributed by atoms with Gasteiger partial charge in [-0.2, -0.15) is 0 Å². The third kappa shape index (κ3) is 3.53. The normalized spacial score (nSPS) is 18.9. The van der Waals surface area contributed by atoms with Gasteiger partial charge < -0.3 is 0 Å². The average Bonchev–Trinajstić information content (AvgIpc) is 1.65. The highest BCUT2D eigenvalue weighted by Crippen LogP contribution is 2.15. The van der Waals surface area contributed by atoms with Crippen LogP contribution in [0.25, 0.3) is 0 Å². The first-order valence-electron chi connectivity index (χ1n) is 2.46. The molecule has 2 atom stereocenters. The van der Waals surface area contributed by atoms with Crippen molar-refractivity contribution >= 4 is 31.9 Å². The first-order valence-corrected chi connectivity index (χ1v) is 4.29. The van der Waals surface area contributed by atoms with Crippen molar-refractivity contribution in [1.29, 1.82) is 0 Å². The minimum Gasteiger partial charge on any atom is -0.0882 e. The summed E-state index contributed by atoms with van der Waals surface area (Å²) in [6, 6.07) is 0. The second-order valence-corrected chi connectivity index (χ2v) is 4.22. The lowest BCUT2D eigenvalue weighted by atomic mass is 10.3. The topological polar surface area (TPSA) is 0 Å². The van der Waals surface area contributed by atoms with Gasteiger partial charge in [0.25, 0.3) is 0 Å². The third-order valence-electron chi connectivity index (χ3n) is 0.888. The molecule has 2 heteroatoms. The van der Waals surface area contributed by atoms with Crippen LogP contribution in [0.5, 0.6) is 0 Å². The van der Waals surface area contributed by atoms with Crippen LogP contribution in [-0.2, 0) is 0 Å². The van der Waals surface area contributed by atoms with E-state index in [1.807, 2.05) is 0 Å². The van der Waals surface area contributed by atoms with E-state index in [2.05, 4.69) is 45.7 Å². The van der Waals surface area contributed by atoms with E-state index in [0.29, 0.717) is 9.65 Å². The lowest BCUT2D eigenvalue weighted by Gasteiger charge is -2.06. The molecule has 0 spiro atoms. The van der Waals surface area contributed by atoms with Crippen LogP contribution in [0, 0.1) is 0 Å². The summed E-state index contributed by atoms with van der Waals surface area (Å²) in [5, 5.41) is 0. The van der Waals surface area contributed by atoms with Crippen molar-refractivity contribution in [2.24, 2.45) is 0 Å². The molecule has 0 N–H and O–H groups in total. The number of rotatable bonds is 2. The zero-order valence-electron chi connectivity index (χ0n) is 4.62. The molecule has 0 radical (unpaired) electrons. The van der Waals surface area contributed by atoms with E-state index in [-0.39, 0.29) is 0 Å². The van der Waals surface area contributed by atoms with Crippen molar-refractivity contribution in [2.45, 2.75) is 29.9 Å². The van der Waals surface area contributed by atoms with E-state index in [1.165, 1.54) is 6.42 Å². The van der Waals surface area contributed by atoms with Crippen LogP contribution in [0.15, 0.2) is 0 Å². The lowest BCUT2D eigenvalue weighted by Crippen LogP contribution is -2.06. The summed E-state index contributed by atoms with van der Waals surface area (Å²) < 4.78 is 0. The Morgan fingerprint density at radius 3 is 1.86 bits per heavy atom. The summed E-state index contributed by atoms with van der Waals surface area (Å²) in [4.78, 5) is 1.23. The predicted octanol–water partition coefficient (Wildman–Crippen LogP) is 2.94. The van der Waals surface area contributed by atoms with Gasteiger partial charge in [0.15, 0.2) is 0 Å². The molecule has 44 valence electrons.